The smallest absolute Gasteiger partial charge is 0.328 e. The van der Waals surface area contributed by atoms with Crippen molar-refractivity contribution in [2.45, 2.75) is 0 Å². The summed E-state index contributed by atoms with van der Waals surface area (Å²) >= 11 is 0. The van der Waals surface area contributed by atoms with Crippen molar-refractivity contribution in [3.8, 4) is 0 Å². The minimum absolute atomic E-state index is 0. The van der Waals surface area contributed by atoms with Crippen LogP contribution in [0.25, 0.3) is 0 Å². The van der Waals surface area contributed by atoms with Crippen molar-refractivity contribution in [3.63, 3.8) is 0 Å². The van der Waals surface area contributed by atoms with E-state index in [0.29, 0.717) is 24.3 Å². The zero-order chi connectivity index (χ0) is 20.2. The molecule has 0 aliphatic heterocycles. The predicted molar refractivity (Wildman–Crippen MR) is 92.9 cm³/mol. The summed E-state index contributed by atoms with van der Waals surface area (Å²) in [5.41, 5.74) is 0. The molecule has 144 valence electrons. The molecule has 0 aromatic heterocycles. The van der Waals surface area contributed by atoms with Crippen molar-refractivity contribution in [2.24, 2.45) is 0 Å². The Morgan fingerprint density at radius 1 is 0.519 bits per heavy atom. The summed E-state index contributed by atoms with van der Waals surface area (Å²) in [5.74, 6) is -5.03. The molecule has 0 aliphatic carbocycles. The first kappa shape index (κ1) is 28.6. The Balaban J connectivity index is -0.000000286. The van der Waals surface area contributed by atoms with Gasteiger partial charge in [0.15, 0.2) is 0 Å². The number of carboxylic acids is 4. The normalized spacial score (nSPS) is 8.59. The van der Waals surface area contributed by atoms with Gasteiger partial charge in [-0.25, -0.2) is 43.4 Å². The number of rotatable bonds is 4. The fraction of sp³-hybridized carbons (Fsp3) is 0. The third-order valence-corrected chi connectivity index (χ3v) is 1.85. The molecule has 9 heteroatoms. The van der Waals surface area contributed by atoms with E-state index in [1.54, 1.807) is 0 Å². The second-order valence-corrected chi connectivity index (χ2v) is 3.94. The molecule has 8 nitrogen and oxygen atoms in total. The van der Waals surface area contributed by atoms with E-state index < -0.39 is 23.9 Å². The fourth-order valence-corrected chi connectivity index (χ4v) is 0.927. The summed E-state index contributed by atoms with van der Waals surface area (Å²) < 4.78 is 0. The van der Waals surface area contributed by atoms with Crippen LogP contribution in [-0.4, -0.2) is 44.3 Å². The maximum atomic E-state index is 9.55. The topological polar surface area (TPSA) is 149 Å². The molecule has 0 heterocycles. The first-order valence-electron chi connectivity index (χ1n) is 6.87. The zero-order valence-electron chi connectivity index (χ0n) is 14.0. The van der Waals surface area contributed by atoms with Crippen LogP contribution in [0.15, 0.2) is 85.0 Å². The van der Waals surface area contributed by atoms with Gasteiger partial charge in [-0.2, -0.15) is 36.4 Å². The molecule has 2 rings (SSSR count). The quantitative estimate of drug-likeness (QED) is 0.341. The molecule has 0 radical (unpaired) electrons. The second kappa shape index (κ2) is 20.8. The Hall–Kier alpha value is -3.23. The van der Waals surface area contributed by atoms with Crippen molar-refractivity contribution in [1.29, 1.82) is 0 Å². The predicted octanol–water partition coefficient (Wildman–Crippen LogP) is 2.23. The molecular weight excluding hydrogens is 392 g/mol. The summed E-state index contributed by atoms with van der Waals surface area (Å²) in [6.07, 6.45) is 2.23. The summed E-state index contributed by atoms with van der Waals surface area (Å²) in [7, 11) is 0. The van der Waals surface area contributed by atoms with Crippen LogP contribution in [-0.2, 0) is 40.9 Å². The SMILES string of the molecule is O=C(O)/C=C/C(=O)O.O=C(O)/C=C/C(=O)O.[Ti].c1cc[cH-]c1.c1cc[cH-]c1. The van der Waals surface area contributed by atoms with Crippen LogP contribution in [0.5, 0.6) is 0 Å². The van der Waals surface area contributed by atoms with Crippen molar-refractivity contribution in [1.82, 2.24) is 0 Å². The summed E-state index contributed by atoms with van der Waals surface area (Å²) in [6, 6.07) is 20.0. The van der Waals surface area contributed by atoms with Crippen molar-refractivity contribution in [2.75, 3.05) is 0 Å². The van der Waals surface area contributed by atoms with Gasteiger partial charge in [0.2, 0.25) is 0 Å². The average molecular weight is 410 g/mol. The first-order valence-corrected chi connectivity index (χ1v) is 6.87. The number of carbonyl (C=O) groups is 4. The van der Waals surface area contributed by atoms with Crippen LogP contribution in [0, 0.1) is 0 Å². The van der Waals surface area contributed by atoms with Gasteiger partial charge in [-0.1, -0.05) is 0 Å². The van der Waals surface area contributed by atoms with E-state index in [1.165, 1.54) is 0 Å². The molecule has 2 aromatic carbocycles. The molecule has 0 fully saturated rings. The molecule has 0 saturated heterocycles. The molecule has 0 atom stereocenters. The zero-order valence-corrected chi connectivity index (χ0v) is 15.6. The van der Waals surface area contributed by atoms with E-state index in [4.69, 9.17) is 20.4 Å². The van der Waals surface area contributed by atoms with Crippen molar-refractivity contribution in [3.05, 3.63) is 85.0 Å². The standard InChI is InChI=1S/2C5H5.2C4H4O4.Ti/c2*1-2-4-5-3-1;2*5-3(6)1-2-4(7)8;/h2*1-5H;2*1-2H,(H,5,6)(H,7,8);/q2*-1;;;/b;;2*2-1+;. The fourth-order valence-electron chi connectivity index (χ4n) is 0.927. The Labute approximate surface area is 170 Å². The maximum Gasteiger partial charge on any atom is 0.328 e. The summed E-state index contributed by atoms with van der Waals surface area (Å²) in [6.45, 7) is 0. The molecule has 0 saturated carbocycles. The summed E-state index contributed by atoms with van der Waals surface area (Å²) in [5, 5.41) is 31.2. The molecule has 27 heavy (non-hydrogen) atoms. The molecule has 2 aromatic rings. The Morgan fingerprint density at radius 2 is 0.704 bits per heavy atom. The van der Waals surface area contributed by atoms with Crippen LogP contribution in [0.3, 0.4) is 0 Å². The molecular formula is C18H18O8Ti-2. The summed E-state index contributed by atoms with van der Waals surface area (Å²) in [4.78, 5) is 38.2. The molecule has 0 unspecified atom stereocenters. The van der Waals surface area contributed by atoms with Gasteiger partial charge in [0.1, 0.15) is 0 Å². The van der Waals surface area contributed by atoms with Gasteiger partial charge in [-0.3, -0.25) is 0 Å². The number of hydrogen-bond acceptors (Lipinski definition) is 4. The van der Waals surface area contributed by atoms with Crippen molar-refractivity contribution < 1.29 is 61.3 Å². The van der Waals surface area contributed by atoms with Gasteiger partial charge in [0.25, 0.3) is 0 Å². The largest absolute Gasteiger partial charge is 0.478 e. The Kier molecular flexibility index (Phi) is 22.0. The van der Waals surface area contributed by atoms with Crippen LogP contribution in [0.2, 0.25) is 0 Å². The average Bonchev–Trinajstić information content (AvgIpc) is 3.28. The van der Waals surface area contributed by atoms with E-state index in [1.807, 2.05) is 60.7 Å². The van der Waals surface area contributed by atoms with Crippen LogP contribution >= 0.6 is 0 Å². The van der Waals surface area contributed by atoms with E-state index >= 15 is 0 Å². The minimum atomic E-state index is -1.26. The third kappa shape index (κ3) is 34.9. The van der Waals surface area contributed by atoms with Gasteiger partial charge in [0.05, 0.1) is 0 Å². The van der Waals surface area contributed by atoms with Gasteiger partial charge in [-0.05, 0) is 0 Å². The minimum Gasteiger partial charge on any atom is -0.478 e. The molecule has 0 amide bonds. The number of aliphatic carboxylic acids is 4. The van der Waals surface area contributed by atoms with Crippen LogP contribution in [0.1, 0.15) is 0 Å². The first-order chi connectivity index (χ1) is 12.3. The number of carboxylic acid groups (broad SMARTS) is 4. The maximum absolute atomic E-state index is 9.55. The van der Waals surface area contributed by atoms with E-state index in [0.717, 1.165) is 0 Å². The monoisotopic (exact) mass is 410 g/mol. The third-order valence-electron chi connectivity index (χ3n) is 1.85. The second-order valence-electron chi connectivity index (χ2n) is 3.94. The van der Waals surface area contributed by atoms with Gasteiger partial charge in [-0.15, -0.1) is 0 Å². The Bertz CT molecular complexity index is 544. The number of hydrogen-bond donors (Lipinski definition) is 4. The van der Waals surface area contributed by atoms with Gasteiger partial charge >= 0.3 is 23.9 Å². The molecule has 0 spiro atoms. The van der Waals surface area contributed by atoms with Gasteiger partial charge < -0.3 is 20.4 Å². The van der Waals surface area contributed by atoms with Crippen molar-refractivity contribution >= 4 is 23.9 Å². The van der Waals surface area contributed by atoms with E-state index in [2.05, 4.69) is 0 Å². The van der Waals surface area contributed by atoms with Gasteiger partial charge in [0, 0.05) is 46.0 Å². The van der Waals surface area contributed by atoms with Crippen LogP contribution < -0.4 is 0 Å². The molecule has 0 aliphatic rings. The van der Waals surface area contributed by atoms with E-state index in [-0.39, 0.29) is 21.7 Å². The van der Waals surface area contributed by atoms with E-state index in [9.17, 15) is 19.2 Å². The van der Waals surface area contributed by atoms with Crippen LogP contribution in [0.4, 0.5) is 0 Å². The molecule has 4 N–H and O–H groups in total. The Morgan fingerprint density at radius 3 is 0.778 bits per heavy atom. The molecule has 0 bridgehead atoms.